The standard InChI is InChI=1S/C11H10O6/c12-10(13)2-1-6-3-8-9(17-5-16-8)4-7(6)11(14)15/h3-4H,1-2,5H2,(H,12,13)(H,14,15). The van der Waals surface area contributed by atoms with Crippen LogP contribution in [0.3, 0.4) is 0 Å². The number of rotatable bonds is 4. The van der Waals surface area contributed by atoms with Gasteiger partial charge in [-0.05, 0) is 24.1 Å². The minimum atomic E-state index is -1.11. The molecule has 1 aromatic carbocycles. The maximum Gasteiger partial charge on any atom is 0.336 e. The van der Waals surface area contributed by atoms with E-state index in [1.807, 2.05) is 0 Å². The molecule has 0 spiro atoms. The Morgan fingerprint density at radius 2 is 1.82 bits per heavy atom. The molecular formula is C11H10O6. The Labute approximate surface area is 96.4 Å². The minimum Gasteiger partial charge on any atom is -0.481 e. The second-order valence-electron chi connectivity index (χ2n) is 3.56. The SMILES string of the molecule is O=C(O)CCc1cc2c(cc1C(=O)O)OCO2. The number of hydrogen-bond acceptors (Lipinski definition) is 4. The zero-order valence-corrected chi connectivity index (χ0v) is 8.80. The van der Waals surface area contributed by atoms with Crippen LogP contribution in [0.1, 0.15) is 22.3 Å². The van der Waals surface area contributed by atoms with Crippen LogP contribution in [0.2, 0.25) is 0 Å². The van der Waals surface area contributed by atoms with Gasteiger partial charge in [-0.15, -0.1) is 0 Å². The summed E-state index contributed by atoms with van der Waals surface area (Å²) in [4.78, 5) is 21.5. The third-order valence-corrected chi connectivity index (χ3v) is 2.44. The fourth-order valence-electron chi connectivity index (χ4n) is 1.63. The van der Waals surface area contributed by atoms with Gasteiger partial charge in [0.05, 0.1) is 5.56 Å². The fourth-order valence-corrected chi connectivity index (χ4v) is 1.63. The minimum absolute atomic E-state index is 0.0514. The highest BCUT2D eigenvalue weighted by molar-refractivity contribution is 5.90. The number of aryl methyl sites for hydroxylation is 1. The van der Waals surface area contributed by atoms with Crippen LogP contribution in [0.15, 0.2) is 12.1 Å². The van der Waals surface area contributed by atoms with Crippen molar-refractivity contribution in [3.63, 3.8) is 0 Å². The molecule has 1 aliphatic heterocycles. The van der Waals surface area contributed by atoms with E-state index in [-0.39, 0.29) is 25.2 Å². The van der Waals surface area contributed by atoms with Gasteiger partial charge in [0, 0.05) is 6.42 Å². The molecule has 90 valence electrons. The monoisotopic (exact) mass is 238 g/mol. The Morgan fingerprint density at radius 3 is 2.41 bits per heavy atom. The van der Waals surface area contributed by atoms with Crippen LogP contribution in [-0.4, -0.2) is 28.9 Å². The summed E-state index contributed by atoms with van der Waals surface area (Å²) in [5, 5.41) is 17.6. The first-order chi connectivity index (χ1) is 8.08. The molecule has 17 heavy (non-hydrogen) atoms. The van der Waals surface area contributed by atoms with E-state index in [0.717, 1.165) is 0 Å². The van der Waals surface area contributed by atoms with Crippen molar-refractivity contribution in [2.75, 3.05) is 6.79 Å². The number of ether oxygens (including phenoxy) is 2. The number of hydrogen-bond donors (Lipinski definition) is 2. The van der Waals surface area contributed by atoms with E-state index in [1.54, 1.807) is 0 Å². The molecule has 0 aromatic heterocycles. The smallest absolute Gasteiger partial charge is 0.336 e. The van der Waals surface area contributed by atoms with Gasteiger partial charge in [0.2, 0.25) is 6.79 Å². The lowest BCUT2D eigenvalue weighted by molar-refractivity contribution is -0.136. The number of fused-ring (bicyclic) bond motifs is 1. The van der Waals surface area contributed by atoms with Crippen LogP contribution in [0.5, 0.6) is 11.5 Å². The molecule has 0 saturated heterocycles. The number of aliphatic carboxylic acids is 1. The Bertz CT molecular complexity index is 479. The summed E-state index contributed by atoms with van der Waals surface area (Å²) in [7, 11) is 0. The summed E-state index contributed by atoms with van der Waals surface area (Å²) < 4.78 is 10.2. The summed E-state index contributed by atoms with van der Waals surface area (Å²) >= 11 is 0. The molecule has 0 unspecified atom stereocenters. The molecule has 0 aliphatic carbocycles. The number of carboxylic acid groups (broad SMARTS) is 2. The number of carboxylic acids is 2. The maximum atomic E-state index is 11.0. The number of carbonyl (C=O) groups is 2. The predicted octanol–water partition coefficient (Wildman–Crippen LogP) is 1.13. The van der Waals surface area contributed by atoms with Gasteiger partial charge in [-0.3, -0.25) is 4.79 Å². The lowest BCUT2D eigenvalue weighted by Gasteiger charge is -2.06. The zero-order valence-electron chi connectivity index (χ0n) is 8.80. The van der Waals surface area contributed by atoms with E-state index in [2.05, 4.69) is 0 Å². The first kappa shape index (κ1) is 11.3. The summed E-state index contributed by atoms with van der Waals surface area (Å²) in [6.45, 7) is 0.0524. The van der Waals surface area contributed by atoms with Crippen LogP contribution < -0.4 is 9.47 Å². The third-order valence-electron chi connectivity index (χ3n) is 2.44. The van der Waals surface area contributed by atoms with Crippen molar-refractivity contribution in [1.29, 1.82) is 0 Å². The van der Waals surface area contributed by atoms with Gasteiger partial charge in [0.25, 0.3) is 0 Å². The molecule has 1 aromatic rings. The summed E-state index contributed by atoms with van der Waals surface area (Å²) in [5.74, 6) is -1.25. The van der Waals surface area contributed by atoms with Crippen LogP contribution in [-0.2, 0) is 11.2 Å². The lowest BCUT2D eigenvalue weighted by Crippen LogP contribution is -2.05. The van der Waals surface area contributed by atoms with Gasteiger partial charge in [-0.2, -0.15) is 0 Å². The van der Waals surface area contributed by atoms with Gasteiger partial charge in [0.15, 0.2) is 11.5 Å². The van der Waals surface area contributed by atoms with Gasteiger partial charge in [-0.1, -0.05) is 0 Å². The second-order valence-corrected chi connectivity index (χ2v) is 3.56. The summed E-state index contributed by atoms with van der Waals surface area (Å²) in [6, 6.07) is 2.89. The summed E-state index contributed by atoms with van der Waals surface area (Å²) in [5.41, 5.74) is 0.486. The molecule has 0 bridgehead atoms. The molecule has 6 heteroatoms. The number of aromatic carboxylic acids is 1. The molecule has 0 radical (unpaired) electrons. The first-order valence-corrected chi connectivity index (χ1v) is 4.95. The van der Waals surface area contributed by atoms with Gasteiger partial charge < -0.3 is 19.7 Å². The molecular weight excluding hydrogens is 228 g/mol. The average Bonchev–Trinajstić information content (AvgIpc) is 2.71. The Kier molecular flexibility index (Phi) is 2.86. The molecule has 0 fully saturated rings. The predicted molar refractivity (Wildman–Crippen MR) is 55.5 cm³/mol. The van der Waals surface area contributed by atoms with Crippen molar-refractivity contribution in [2.45, 2.75) is 12.8 Å². The van der Waals surface area contributed by atoms with Crippen molar-refractivity contribution in [2.24, 2.45) is 0 Å². The Morgan fingerprint density at radius 1 is 1.18 bits per heavy atom. The van der Waals surface area contributed by atoms with Crippen LogP contribution in [0.4, 0.5) is 0 Å². The molecule has 2 rings (SSSR count). The number of benzene rings is 1. The van der Waals surface area contributed by atoms with E-state index >= 15 is 0 Å². The van der Waals surface area contributed by atoms with E-state index in [9.17, 15) is 9.59 Å². The van der Waals surface area contributed by atoms with Crippen molar-refractivity contribution in [1.82, 2.24) is 0 Å². The van der Waals surface area contributed by atoms with E-state index in [1.165, 1.54) is 12.1 Å². The van der Waals surface area contributed by atoms with Crippen molar-refractivity contribution >= 4 is 11.9 Å². The normalized spacial score (nSPS) is 12.5. The highest BCUT2D eigenvalue weighted by Gasteiger charge is 2.20. The quantitative estimate of drug-likeness (QED) is 0.816. The third kappa shape index (κ3) is 2.30. The van der Waals surface area contributed by atoms with E-state index in [0.29, 0.717) is 17.1 Å². The first-order valence-electron chi connectivity index (χ1n) is 4.95. The molecule has 0 saturated carbocycles. The maximum absolute atomic E-state index is 11.0. The Balaban J connectivity index is 2.34. The molecule has 6 nitrogen and oxygen atoms in total. The van der Waals surface area contributed by atoms with Crippen LogP contribution >= 0.6 is 0 Å². The van der Waals surface area contributed by atoms with E-state index < -0.39 is 11.9 Å². The van der Waals surface area contributed by atoms with Gasteiger partial charge in [0.1, 0.15) is 0 Å². The largest absolute Gasteiger partial charge is 0.481 e. The Hall–Kier alpha value is -2.24. The van der Waals surface area contributed by atoms with E-state index in [4.69, 9.17) is 19.7 Å². The molecule has 1 heterocycles. The molecule has 1 aliphatic rings. The van der Waals surface area contributed by atoms with Crippen LogP contribution in [0, 0.1) is 0 Å². The molecule has 0 atom stereocenters. The van der Waals surface area contributed by atoms with Gasteiger partial charge in [-0.25, -0.2) is 4.79 Å². The van der Waals surface area contributed by atoms with Crippen molar-refractivity contribution in [3.8, 4) is 11.5 Å². The zero-order chi connectivity index (χ0) is 12.4. The van der Waals surface area contributed by atoms with Crippen molar-refractivity contribution < 1.29 is 29.3 Å². The summed E-state index contributed by atoms with van der Waals surface area (Å²) in [6.07, 6.45) is 0.0214. The lowest BCUT2D eigenvalue weighted by atomic mass is 10.0. The molecule has 2 N–H and O–H groups in total. The topological polar surface area (TPSA) is 93.1 Å². The highest BCUT2D eigenvalue weighted by atomic mass is 16.7. The van der Waals surface area contributed by atoms with Crippen LogP contribution in [0.25, 0.3) is 0 Å². The van der Waals surface area contributed by atoms with Gasteiger partial charge >= 0.3 is 11.9 Å². The average molecular weight is 238 g/mol. The second kappa shape index (κ2) is 4.32. The van der Waals surface area contributed by atoms with Crippen molar-refractivity contribution in [3.05, 3.63) is 23.3 Å². The fraction of sp³-hybridized carbons (Fsp3) is 0.273. The highest BCUT2D eigenvalue weighted by Crippen LogP contribution is 2.35. The molecule has 0 amide bonds.